The minimum atomic E-state index is 0.953. The Morgan fingerprint density at radius 3 is 2.14 bits per heavy atom. The Balaban J connectivity index is 1.41. The second-order valence-corrected chi connectivity index (χ2v) is 7.67. The second kappa shape index (κ2) is 8.53. The van der Waals surface area contributed by atoms with Gasteiger partial charge in [0.05, 0.1) is 5.69 Å². The van der Waals surface area contributed by atoms with Crippen LogP contribution in [0, 0.1) is 6.92 Å². The lowest BCUT2D eigenvalue weighted by atomic mass is 10.1. The van der Waals surface area contributed by atoms with E-state index in [1.54, 1.807) is 0 Å². The normalized spacial score (nSPS) is 14.4. The van der Waals surface area contributed by atoms with Crippen molar-refractivity contribution in [2.24, 2.45) is 0 Å². The molecular formula is C24H28N4. The van der Waals surface area contributed by atoms with Gasteiger partial charge in [-0.15, -0.1) is 0 Å². The van der Waals surface area contributed by atoms with Crippen molar-refractivity contribution < 1.29 is 0 Å². The second-order valence-electron chi connectivity index (χ2n) is 7.67. The Kier molecular flexibility index (Phi) is 5.68. The third-order valence-corrected chi connectivity index (χ3v) is 5.53. The average molecular weight is 373 g/mol. The van der Waals surface area contributed by atoms with Crippen LogP contribution in [-0.2, 0) is 0 Å². The maximum absolute atomic E-state index is 4.66. The lowest BCUT2D eigenvalue weighted by Crippen LogP contribution is -2.31. The molecule has 0 amide bonds. The van der Waals surface area contributed by atoms with E-state index in [1.165, 1.54) is 37.1 Å². The molecule has 1 fully saturated rings. The lowest BCUT2D eigenvalue weighted by Gasteiger charge is -2.22. The topological polar surface area (TPSA) is 32.3 Å². The summed E-state index contributed by atoms with van der Waals surface area (Å²) in [6, 6.07) is 16.9. The van der Waals surface area contributed by atoms with E-state index in [9.17, 15) is 0 Å². The van der Waals surface area contributed by atoms with E-state index in [2.05, 4.69) is 82.3 Å². The van der Waals surface area contributed by atoms with Gasteiger partial charge in [0.25, 0.3) is 0 Å². The molecular weight excluding hydrogens is 344 g/mol. The Morgan fingerprint density at radius 2 is 1.50 bits per heavy atom. The standard InChI is InChI=1S/C24H28N4/c1-19-5-7-20(8-6-19)21-9-11-23(25-17-21)22-10-12-24(26-18-22)27(2)15-16-28-13-3-4-14-28/h5-12,17-18H,3-4,13-16H2,1-2H3. The third-order valence-electron chi connectivity index (χ3n) is 5.53. The molecule has 0 aliphatic carbocycles. The highest BCUT2D eigenvalue weighted by atomic mass is 15.2. The molecule has 1 aromatic carbocycles. The third kappa shape index (κ3) is 4.39. The summed E-state index contributed by atoms with van der Waals surface area (Å²) < 4.78 is 0. The van der Waals surface area contributed by atoms with Crippen LogP contribution in [0.15, 0.2) is 60.9 Å². The van der Waals surface area contributed by atoms with Gasteiger partial charge in [0, 0.05) is 43.7 Å². The predicted octanol–water partition coefficient (Wildman–Crippen LogP) is 4.65. The number of hydrogen-bond donors (Lipinski definition) is 0. The van der Waals surface area contributed by atoms with E-state index >= 15 is 0 Å². The number of aromatic nitrogens is 2. The van der Waals surface area contributed by atoms with Crippen LogP contribution >= 0.6 is 0 Å². The van der Waals surface area contributed by atoms with Gasteiger partial charge in [0.1, 0.15) is 5.82 Å². The Morgan fingerprint density at radius 1 is 0.821 bits per heavy atom. The number of hydrogen-bond acceptors (Lipinski definition) is 4. The molecule has 0 atom stereocenters. The van der Waals surface area contributed by atoms with Gasteiger partial charge in [-0.3, -0.25) is 4.98 Å². The van der Waals surface area contributed by atoms with Crippen molar-refractivity contribution in [2.75, 3.05) is 38.1 Å². The first kappa shape index (κ1) is 18.6. The van der Waals surface area contributed by atoms with Gasteiger partial charge in [-0.25, -0.2) is 4.98 Å². The van der Waals surface area contributed by atoms with Crippen molar-refractivity contribution in [3.05, 3.63) is 66.5 Å². The molecule has 1 aliphatic rings. The van der Waals surface area contributed by atoms with Crippen molar-refractivity contribution in [2.45, 2.75) is 19.8 Å². The Bertz CT molecular complexity index is 879. The summed E-state index contributed by atoms with van der Waals surface area (Å²) in [6.45, 7) is 6.71. The SMILES string of the molecule is Cc1ccc(-c2ccc(-c3ccc(N(C)CCN4CCCC4)nc3)nc2)cc1. The van der Waals surface area contributed by atoms with Crippen LogP contribution in [-0.4, -0.2) is 48.1 Å². The quantitative estimate of drug-likeness (QED) is 0.630. The first-order valence-electron chi connectivity index (χ1n) is 10.1. The molecule has 4 rings (SSSR count). The Labute approximate surface area is 167 Å². The van der Waals surface area contributed by atoms with Crippen LogP contribution in [0.25, 0.3) is 22.4 Å². The zero-order chi connectivity index (χ0) is 19.3. The van der Waals surface area contributed by atoms with Crippen LogP contribution in [0.2, 0.25) is 0 Å². The van der Waals surface area contributed by atoms with Crippen LogP contribution in [0.4, 0.5) is 5.82 Å². The van der Waals surface area contributed by atoms with Crippen LogP contribution in [0.5, 0.6) is 0 Å². The molecule has 0 N–H and O–H groups in total. The summed E-state index contributed by atoms with van der Waals surface area (Å²) >= 11 is 0. The number of rotatable bonds is 6. The van der Waals surface area contributed by atoms with Crippen molar-refractivity contribution >= 4 is 5.82 Å². The minimum absolute atomic E-state index is 0.953. The first-order valence-corrected chi connectivity index (χ1v) is 10.1. The molecule has 144 valence electrons. The molecule has 0 radical (unpaired) electrons. The predicted molar refractivity (Wildman–Crippen MR) is 117 cm³/mol. The lowest BCUT2D eigenvalue weighted by molar-refractivity contribution is 0.346. The highest BCUT2D eigenvalue weighted by Crippen LogP contribution is 2.23. The van der Waals surface area contributed by atoms with Crippen LogP contribution < -0.4 is 4.90 Å². The highest BCUT2D eigenvalue weighted by Gasteiger charge is 2.12. The van der Waals surface area contributed by atoms with Crippen molar-refractivity contribution in [1.29, 1.82) is 0 Å². The molecule has 0 unspecified atom stereocenters. The van der Waals surface area contributed by atoms with Gasteiger partial charge in [0.15, 0.2) is 0 Å². The fraction of sp³-hybridized carbons (Fsp3) is 0.333. The van der Waals surface area contributed by atoms with Crippen molar-refractivity contribution in [3.8, 4) is 22.4 Å². The molecule has 1 saturated heterocycles. The Hall–Kier alpha value is -2.72. The largest absolute Gasteiger partial charge is 0.358 e. The minimum Gasteiger partial charge on any atom is -0.358 e. The zero-order valence-electron chi connectivity index (χ0n) is 16.8. The molecule has 28 heavy (non-hydrogen) atoms. The number of pyridine rings is 2. The summed E-state index contributed by atoms with van der Waals surface area (Å²) in [6.07, 6.45) is 6.55. The number of aryl methyl sites for hydroxylation is 1. The fourth-order valence-electron chi connectivity index (χ4n) is 3.66. The first-order chi connectivity index (χ1) is 13.7. The number of likely N-dealkylation sites (tertiary alicyclic amines) is 1. The summed E-state index contributed by atoms with van der Waals surface area (Å²) in [5.74, 6) is 1.01. The van der Waals surface area contributed by atoms with Gasteiger partial charge < -0.3 is 9.80 Å². The maximum Gasteiger partial charge on any atom is 0.128 e. The summed E-state index contributed by atoms with van der Waals surface area (Å²) in [5, 5.41) is 0. The van der Waals surface area contributed by atoms with Crippen LogP contribution in [0.1, 0.15) is 18.4 Å². The summed E-state index contributed by atoms with van der Waals surface area (Å²) in [7, 11) is 2.12. The highest BCUT2D eigenvalue weighted by molar-refractivity contribution is 5.67. The summed E-state index contributed by atoms with van der Waals surface area (Å²) in [4.78, 5) is 14.1. The van der Waals surface area contributed by atoms with Gasteiger partial charge in [-0.1, -0.05) is 35.9 Å². The molecule has 3 heterocycles. The molecule has 4 heteroatoms. The van der Waals surface area contributed by atoms with E-state index in [1.807, 2.05) is 12.4 Å². The number of anilines is 1. The maximum atomic E-state index is 4.66. The number of likely N-dealkylation sites (N-methyl/N-ethyl adjacent to an activating group) is 1. The van der Waals surface area contributed by atoms with E-state index in [0.717, 1.165) is 35.7 Å². The van der Waals surface area contributed by atoms with E-state index in [4.69, 9.17) is 0 Å². The molecule has 2 aromatic heterocycles. The monoisotopic (exact) mass is 372 g/mol. The molecule has 0 bridgehead atoms. The van der Waals surface area contributed by atoms with Crippen LogP contribution in [0.3, 0.4) is 0 Å². The van der Waals surface area contributed by atoms with Crippen molar-refractivity contribution in [3.63, 3.8) is 0 Å². The fourth-order valence-corrected chi connectivity index (χ4v) is 3.66. The molecule has 4 nitrogen and oxygen atoms in total. The van der Waals surface area contributed by atoms with E-state index in [-0.39, 0.29) is 0 Å². The number of benzene rings is 1. The summed E-state index contributed by atoms with van der Waals surface area (Å²) in [5.41, 5.74) is 5.60. The zero-order valence-corrected chi connectivity index (χ0v) is 16.8. The molecule has 3 aromatic rings. The van der Waals surface area contributed by atoms with Gasteiger partial charge >= 0.3 is 0 Å². The number of nitrogens with zero attached hydrogens (tertiary/aromatic N) is 4. The van der Waals surface area contributed by atoms with E-state index in [0.29, 0.717) is 0 Å². The molecule has 1 aliphatic heterocycles. The average Bonchev–Trinajstić information content (AvgIpc) is 3.27. The smallest absolute Gasteiger partial charge is 0.128 e. The van der Waals surface area contributed by atoms with E-state index < -0.39 is 0 Å². The molecule has 0 saturated carbocycles. The van der Waals surface area contributed by atoms with Gasteiger partial charge in [0.2, 0.25) is 0 Å². The molecule has 0 spiro atoms. The van der Waals surface area contributed by atoms with Gasteiger partial charge in [-0.2, -0.15) is 0 Å². The van der Waals surface area contributed by atoms with Crippen molar-refractivity contribution in [1.82, 2.24) is 14.9 Å². The van der Waals surface area contributed by atoms with Gasteiger partial charge in [-0.05, 0) is 56.6 Å².